The van der Waals surface area contributed by atoms with E-state index in [1.165, 1.54) is 12.7 Å². The number of aromatic nitrogens is 1. The average molecular weight is 446 g/mol. The van der Waals surface area contributed by atoms with Crippen LogP contribution in [0.1, 0.15) is 35.3 Å². The van der Waals surface area contributed by atoms with E-state index in [1.807, 2.05) is 25.2 Å². The normalized spacial score (nSPS) is 19.0. The van der Waals surface area contributed by atoms with Gasteiger partial charge in [0.1, 0.15) is 6.26 Å². The summed E-state index contributed by atoms with van der Waals surface area (Å²) in [5.41, 5.74) is 1.24. The number of likely N-dealkylation sites (tertiary alicyclic amines) is 1. The van der Waals surface area contributed by atoms with E-state index in [4.69, 9.17) is 23.8 Å². The molecule has 2 aromatic rings. The van der Waals surface area contributed by atoms with Crippen molar-refractivity contribution in [1.29, 1.82) is 0 Å². The Hall–Kier alpha value is -3.60. The second-order valence-electron chi connectivity index (χ2n) is 7.41. The third-order valence-electron chi connectivity index (χ3n) is 5.50. The van der Waals surface area contributed by atoms with E-state index < -0.39 is 0 Å². The average Bonchev–Trinajstić information content (AvgIpc) is 3.54. The van der Waals surface area contributed by atoms with Gasteiger partial charge in [0.25, 0.3) is 12.4 Å². The Kier molecular flexibility index (Phi) is 8.03. The summed E-state index contributed by atoms with van der Waals surface area (Å²) in [6.45, 7) is 0.944. The fourth-order valence-corrected chi connectivity index (χ4v) is 3.75. The molecule has 1 aromatic carbocycles. The standard InChI is InChI=1S/C20H24N4O5.CH2O2/c1-24-14(3-4-15(24)9-22-20(26)16-10-27-11-23-16)7-19(25)21-8-13-2-5-17-18(6-13)29-12-28-17;2-1-3/h2,5-6,10-11,14-15H,3-4,7-9,12H2,1H3,(H,21,25)(H,22,26);1H,(H,2,3)/t14-,15+;/m1./s1. The van der Waals surface area contributed by atoms with E-state index in [9.17, 15) is 9.59 Å². The van der Waals surface area contributed by atoms with Crippen molar-refractivity contribution in [3.63, 3.8) is 0 Å². The van der Waals surface area contributed by atoms with Crippen LogP contribution < -0.4 is 20.1 Å². The molecule has 172 valence electrons. The molecule has 0 bridgehead atoms. The maximum absolute atomic E-state index is 12.4. The molecule has 2 atom stereocenters. The van der Waals surface area contributed by atoms with Crippen molar-refractivity contribution in [2.45, 2.75) is 37.9 Å². The fourth-order valence-electron chi connectivity index (χ4n) is 3.75. The van der Waals surface area contributed by atoms with Crippen molar-refractivity contribution in [3.8, 4) is 11.5 Å². The van der Waals surface area contributed by atoms with Crippen LogP contribution in [0.4, 0.5) is 0 Å². The molecule has 3 heterocycles. The molecule has 2 aliphatic heterocycles. The maximum atomic E-state index is 12.4. The molecule has 32 heavy (non-hydrogen) atoms. The van der Waals surface area contributed by atoms with Gasteiger partial charge in [-0.25, -0.2) is 4.98 Å². The summed E-state index contributed by atoms with van der Waals surface area (Å²) in [5.74, 6) is 1.20. The van der Waals surface area contributed by atoms with Crippen LogP contribution in [0.2, 0.25) is 0 Å². The topological polar surface area (TPSA) is 143 Å². The molecule has 0 spiro atoms. The van der Waals surface area contributed by atoms with Crippen molar-refractivity contribution in [3.05, 3.63) is 42.1 Å². The Balaban J connectivity index is 0.000000913. The van der Waals surface area contributed by atoms with Gasteiger partial charge in [-0.05, 0) is 37.6 Å². The minimum atomic E-state index is -0.253. The van der Waals surface area contributed by atoms with Crippen LogP contribution in [0.5, 0.6) is 11.5 Å². The smallest absolute Gasteiger partial charge is 0.290 e. The van der Waals surface area contributed by atoms with Crippen LogP contribution in [0.25, 0.3) is 0 Å². The summed E-state index contributed by atoms with van der Waals surface area (Å²) in [6, 6.07) is 6.01. The molecular weight excluding hydrogens is 420 g/mol. The van der Waals surface area contributed by atoms with Crippen LogP contribution >= 0.6 is 0 Å². The van der Waals surface area contributed by atoms with Gasteiger partial charge in [-0.15, -0.1) is 0 Å². The number of carbonyl (C=O) groups is 3. The number of benzene rings is 1. The lowest BCUT2D eigenvalue weighted by molar-refractivity contribution is -0.123. The molecule has 1 aromatic heterocycles. The van der Waals surface area contributed by atoms with Gasteiger partial charge in [0.05, 0.1) is 0 Å². The van der Waals surface area contributed by atoms with Crippen LogP contribution in [0.3, 0.4) is 0 Å². The van der Waals surface area contributed by atoms with Crippen molar-refractivity contribution in [1.82, 2.24) is 20.5 Å². The zero-order valence-corrected chi connectivity index (χ0v) is 17.7. The molecule has 1 saturated heterocycles. The van der Waals surface area contributed by atoms with Gasteiger partial charge in [0.15, 0.2) is 23.6 Å². The van der Waals surface area contributed by atoms with E-state index in [1.54, 1.807) is 0 Å². The van der Waals surface area contributed by atoms with Crippen LogP contribution in [0.15, 0.2) is 35.3 Å². The number of carboxylic acid groups (broad SMARTS) is 1. The Morgan fingerprint density at radius 3 is 2.72 bits per heavy atom. The number of amides is 2. The van der Waals surface area contributed by atoms with Crippen LogP contribution in [0, 0.1) is 0 Å². The van der Waals surface area contributed by atoms with Crippen LogP contribution in [-0.2, 0) is 16.1 Å². The summed E-state index contributed by atoms with van der Waals surface area (Å²) < 4.78 is 15.5. The van der Waals surface area contributed by atoms with Crippen LogP contribution in [-0.4, -0.2) is 65.7 Å². The highest BCUT2D eigenvalue weighted by molar-refractivity contribution is 5.91. The molecule has 4 rings (SSSR count). The number of carbonyl (C=O) groups excluding carboxylic acids is 2. The molecule has 11 nitrogen and oxygen atoms in total. The van der Waals surface area contributed by atoms with Crippen molar-refractivity contribution >= 4 is 18.3 Å². The lowest BCUT2D eigenvalue weighted by Crippen LogP contribution is -2.42. The Bertz CT molecular complexity index is 919. The highest BCUT2D eigenvalue weighted by Gasteiger charge is 2.32. The number of hydrogen-bond acceptors (Lipinski definition) is 8. The predicted octanol–water partition coefficient (Wildman–Crippen LogP) is 1.00. The second-order valence-corrected chi connectivity index (χ2v) is 7.41. The number of likely N-dealkylation sites (N-methyl/N-ethyl adjacent to an activating group) is 1. The third-order valence-corrected chi connectivity index (χ3v) is 5.50. The monoisotopic (exact) mass is 446 g/mol. The Morgan fingerprint density at radius 2 is 1.97 bits per heavy atom. The van der Waals surface area contributed by atoms with Gasteiger partial charge < -0.3 is 29.6 Å². The fraction of sp³-hybridized carbons (Fsp3) is 0.429. The third kappa shape index (κ3) is 5.97. The van der Waals surface area contributed by atoms with Gasteiger partial charge in [-0.2, -0.15) is 0 Å². The SMILES string of the molecule is CN1[C@@H](CC(=O)NCc2ccc3c(c2)OCO3)CC[C@H]1CNC(=O)c1cocn1.O=CO. The van der Waals surface area contributed by atoms with E-state index in [0.29, 0.717) is 25.3 Å². The Morgan fingerprint density at radius 1 is 1.22 bits per heavy atom. The highest BCUT2D eigenvalue weighted by Crippen LogP contribution is 2.32. The molecule has 0 aliphatic carbocycles. The van der Waals surface area contributed by atoms with E-state index >= 15 is 0 Å². The van der Waals surface area contributed by atoms with E-state index in [0.717, 1.165) is 24.2 Å². The number of fused-ring (bicyclic) bond motifs is 1. The molecular formula is C21H26N4O7. The minimum Gasteiger partial charge on any atom is -0.483 e. The first kappa shape index (κ1) is 23.1. The van der Waals surface area contributed by atoms with Crippen molar-refractivity contribution in [2.75, 3.05) is 20.4 Å². The number of nitrogens with one attached hydrogen (secondary N) is 2. The maximum Gasteiger partial charge on any atom is 0.290 e. The molecule has 0 unspecified atom stereocenters. The van der Waals surface area contributed by atoms with Crippen molar-refractivity contribution in [2.24, 2.45) is 0 Å². The first-order valence-corrected chi connectivity index (χ1v) is 10.1. The summed E-state index contributed by atoms with van der Waals surface area (Å²) in [4.78, 5) is 38.8. The number of ether oxygens (including phenoxy) is 2. The zero-order valence-electron chi connectivity index (χ0n) is 17.7. The number of oxazole rings is 1. The quantitative estimate of drug-likeness (QED) is 0.531. The summed E-state index contributed by atoms with van der Waals surface area (Å²) in [7, 11) is 2.00. The molecule has 1 fully saturated rings. The molecule has 2 aliphatic rings. The van der Waals surface area contributed by atoms with Gasteiger partial charge in [-0.3, -0.25) is 19.3 Å². The first-order valence-electron chi connectivity index (χ1n) is 10.1. The summed E-state index contributed by atoms with van der Waals surface area (Å²) >= 11 is 0. The Labute approximate surface area is 184 Å². The second kappa shape index (κ2) is 11.1. The number of rotatable bonds is 7. The van der Waals surface area contributed by atoms with E-state index in [2.05, 4.69) is 20.5 Å². The van der Waals surface area contributed by atoms with Gasteiger partial charge in [0.2, 0.25) is 12.7 Å². The lowest BCUT2D eigenvalue weighted by atomic mass is 10.1. The van der Waals surface area contributed by atoms with Gasteiger partial charge >= 0.3 is 0 Å². The predicted molar refractivity (Wildman–Crippen MR) is 111 cm³/mol. The molecule has 2 amide bonds. The molecule has 3 N–H and O–H groups in total. The molecule has 0 radical (unpaired) electrons. The number of hydrogen-bond donors (Lipinski definition) is 3. The minimum absolute atomic E-state index is 0.00630. The summed E-state index contributed by atoms with van der Waals surface area (Å²) in [6.07, 6.45) is 4.82. The largest absolute Gasteiger partial charge is 0.483 e. The zero-order chi connectivity index (χ0) is 22.9. The molecule has 11 heteroatoms. The highest BCUT2D eigenvalue weighted by atomic mass is 16.7. The summed E-state index contributed by atoms with van der Waals surface area (Å²) in [5, 5.41) is 12.7. The van der Waals surface area contributed by atoms with E-state index in [-0.39, 0.29) is 42.9 Å². The van der Waals surface area contributed by atoms with Gasteiger partial charge in [-0.1, -0.05) is 6.07 Å². The molecule has 0 saturated carbocycles. The lowest BCUT2D eigenvalue weighted by Gasteiger charge is -2.25. The van der Waals surface area contributed by atoms with Gasteiger partial charge in [0, 0.05) is 31.6 Å². The number of nitrogens with zero attached hydrogens (tertiary/aromatic N) is 2. The van der Waals surface area contributed by atoms with Crippen molar-refractivity contribution < 1.29 is 33.4 Å². The first-order chi connectivity index (χ1) is 15.5.